The van der Waals surface area contributed by atoms with Gasteiger partial charge in [0.1, 0.15) is 5.76 Å². The number of carbonyl (C=O) groups excluding carboxylic acids is 3. The van der Waals surface area contributed by atoms with Crippen LogP contribution in [0.2, 0.25) is 0 Å². The van der Waals surface area contributed by atoms with Gasteiger partial charge < -0.3 is 19.6 Å². The summed E-state index contributed by atoms with van der Waals surface area (Å²) in [5, 5.41) is 6.77. The normalized spacial score (nSPS) is 19.4. The Morgan fingerprint density at radius 3 is 2.50 bits per heavy atom. The van der Waals surface area contributed by atoms with Crippen molar-refractivity contribution in [1.82, 2.24) is 20.3 Å². The van der Waals surface area contributed by atoms with Crippen LogP contribution in [0.15, 0.2) is 34.9 Å². The minimum absolute atomic E-state index is 0.0166. The summed E-state index contributed by atoms with van der Waals surface area (Å²) in [7, 11) is 0. The van der Waals surface area contributed by atoms with Crippen LogP contribution in [0.3, 0.4) is 0 Å². The lowest BCUT2D eigenvalue weighted by atomic mass is 10.1. The standard InChI is InChI=1S/C23H29N5O4/c1-16-3-5-19(6-4-16)28-15-18(14-21(28)29)22(30)24-7-8-26-9-11-27(12-10-26)23(31)20-13-17(2)32-25-20/h3-6,13,18H,7-12,14-15H2,1-2H3,(H,24,30). The lowest BCUT2D eigenvalue weighted by Gasteiger charge is -2.34. The summed E-state index contributed by atoms with van der Waals surface area (Å²) in [5.74, 6) is 0.0805. The van der Waals surface area contributed by atoms with Crippen LogP contribution in [-0.2, 0) is 9.59 Å². The highest BCUT2D eigenvalue weighted by atomic mass is 16.5. The first-order valence-corrected chi connectivity index (χ1v) is 11.0. The van der Waals surface area contributed by atoms with E-state index in [9.17, 15) is 14.4 Å². The van der Waals surface area contributed by atoms with Gasteiger partial charge in [0.25, 0.3) is 5.91 Å². The molecule has 1 aromatic carbocycles. The maximum Gasteiger partial charge on any atom is 0.276 e. The van der Waals surface area contributed by atoms with E-state index in [0.717, 1.165) is 24.3 Å². The molecule has 0 radical (unpaired) electrons. The average Bonchev–Trinajstić information content (AvgIpc) is 3.40. The zero-order valence-electron chi connectivity index (χ0n) is 18.5. The van der Waals surface area contributed by atoms with Gasteiger partial charge in [-0.3, -0.25) is 19.3 Å². The number of nitrogens with one attached hydrogen (secondary N) is 1. The summed E-state index contributed by atoms with van der Waals surface area (Å²) in [5.41, 5.74) is 2.31. The largest absolute Gasteiger partial charge is 0.361 e. The van der Waals surface area contributed by atoms with Crippen LogP contribution in [0.1, 0.15) is 28.2 Å². The molecular formula is C23H29N5O4. The predicted octanol–water partition coefficient (Wildman–Crippen LogP) is 1.22. The van der Waals surface area contributed by atoms with E-state index >= 15 is 0 Å². The fraction of sp³-hybridized carbons (Fsp3) is 0.478. The molecule has 2 aliphatic rings. The SMILES string of the molecule is Cc1ccc(N2CC(C(=O)NCCN3CCN(C(=O)c4cc(C)on4)CC3)CC2=O)cc1. The summed E-state index contributed by atoms with van der Waals surface area (Å²) in [4.78, 5) is 43.1. The van der Waals surface area contributed by atoms with Gasteiger partial charge in [-0.05, 0) is 26.0 Å². The van der Waals surface area contributed by atoms with Crippen LogP contribution in [-0.4, -0.2) is 78.5 Å². The second-order valence-corrected chi connectivity index (χ2v) is 8.49. The molecule has 0 spiro atoms. The minimum Gasteiger partial charge on any atom is -0.361 e. The van der Waals surface area contributed by atoms with Gasteiger partial charge in [-0.1, -0.05) is 22.9 Å². The molecule has 3 heterocycles. The van der Waals surface area contributed by atoms with Gasteiger partial charge in [0.15, 0.2) is 5.69 Å². The third-order valence-electron chi connectivity index (χ3n) is 6.08. The maximum absolute atomic E-state index is 12.6. The fourth-order valence-electron chi connectivity index (χ4n) is 4.14. The molecule has 1 N–H and O–H groups in total. The number of hydrogen-bond donors (Lipinski definition) is 1. The second kappa shape index (κ2) is 9.52. The number of aromatic nitrogens is 1. The third kappa shape index (κ3) is 4.99. The molecule has 1 unspecified atom stereocenters. The highest BCUT2D eigenvalue weighted by Gasteiger charge is 2.35. The lowest BCUT2D eigenvalue weighted by molar-refractivity contribution is -0.126. The van der Waals surface area contributed by atoms with E-state index in [-0.39, 0.29) is 30.1 Å². The van der Waals surface area contributed by atoms with E-state index < -0.39 is 0 Å². The number of rotatable bonds is 6. The van der Waals surface area contributed by atoms with Crippen molar-refractivity contribution >= 4 is 23.4 Å². The molecular weight excluding hydrogens is 410 g/mol. The number of aryl methyl sites for hydroxylation is 2. The molecule has 2 aliphatic heterocycles. The van der Waals surface area contributed by atoms with Crippen LogP contribution < -0.4 is 10.2 Å². The third-order valence-corrected chi connectivity index (χ3v) is 6.08. The molecule has 2 saturated heterocycles. The van der Waals surface area contributed by atoms with E-state index in [0.29, 0.717) is 44.2 Å². The molecule has 2 fully saturated rings. The summed E-state index contributed by atoms with van der Waals surface area (Å²) < 4.78 is 4.99. The molecule has 1 atom stereocenters. The number of anilines is 1. The zero-order valence-corrected chi connectivity index (χ0v) is 18.5. The molecule has 9 nitrogen and oxygen atoms in total. The van der Waals surface area contributed by atoms with Crippen LogP contribution in [0.25, 0.3) is 0 Å². The number of amides is 3. The van der Waals surface area contributed by atoms with E-state index in [1.807, 2.05) is 31.2 Å². The lowest BCUT2D eigenvalue weighted by Crippen LogP contribution is -2.50. The molecule has 1 aromatic heterocycles. The van der Waals surface area contributed by atoms with Gasteiger partial charge in [0.05, 0.1) is 5.92 Å². The van der Waals surface area contributed by atoms with E-state index in [2.05, 4.69) is 15.4 Å². The van der Waals surface area contributed by atoms with E-state index in [1.165, 1.54) is 0 Å². The van der Waals surface area contributed by atoms with Crippen LogP contribution >= 0.6 is 0 Å². The molecule has 32 heavy (non-hydrogen) atoms. The van der Waals surface area contributed by atoms with Crippen molar-refractivity contribution in [3.63, 3.8) is 0 Å². The number of benzene rings is 1. The Labute approximate surface area is 187 Å². The highest BCUT2D eigenvalue weighted by Crippen LogP contribution is 2.25. The summed E-state index contributed by atoms with van der Waals surface area (Å²) in [6.45, 7) is 8.10. The van der Waals surface area contributed by atoms with Crippen molar-refractivity contribution < 1.29 is 18.9 Å². The van der Waals surface area contributed by atoms with Crippen LogP contribution in [0.5, 0.6) is 0 Å². The predicted molar refractivity (Wildman–Crippen MR) is 118 cm³/mol. The maximum atomic E-state index is 12.6. The first-order valence-electron chi connectivity index (χ1n) is 11.0. The number of hydrogen-bond acceptors (Lipinski definition) is 6. The Balaban J connectivity index is 1.18. The smallest absolute Gasteiger partial charge is 0.276 e. The van der Waals surface area contributed by atoms with E-state index in [4.69, 9.17) is 4.52 Å². The van der Waals surface area contributed by atoms with Crippen molar-refractivity contribution in [2.45, 2.75) is 20.3 Å². The summed E-state index contributed by atoms with van der Waals surface area (Å²) in [6, 6.07) is 9.42. The van der Waals surface area contributed by atoms with Crippen molar-refractivity contribution in [1.29, 1.82) is 0 Å². The number of nitrogens with zero attached hydrogens (tertiary/aromatic N) is 4. The van der Waals surface area contributed by atoms with Gasteiger partial charge >= 0.3 is 0 Å². The Bertz CT molecular complexity index is 979. The van der Waals surface area contributed by atoms with Crippen molar-refractivity contribution in [3.05, 3.63) is 47.3 Å². The van der Waals surface area contributed by atoms with Gasteiger partial charge in [-0.2, -0.15) is 0 Å². The Hall–Kier alpha value is -3.20. The molecule has 0 bridgehead atoms. The van der Waals surface area contributed by atoms with Crippen molar-refractivity contribution in [3.8, 4) is 0 Å². The summed E-state index contributed by atoms with van der Waals surface area (Å²) in [6.07, 6.45) is 0.238. The molecule has 0 aliphatic carbocycles. The Morgan fingerprint density at radius 1 is 1.12 bits per heavy atom. The van der Waals surface area contributed by atoms with Gasteiger partial charge in [0, 0.05) is 64.0 Å². The van der Waals surface area contributed by atoms with Crippen LogP contribution in [0.4, 0.5) is 5.69 Å². The Kier molecular flexibility index (Phi) is 6.55. The van der Waals surface area contributed by atoms with Crippen molar-refractivity contribution in [2.75, 3.05) is 50.7 Å². The fourth-order valence-corrected chi connectivity index (χ4v) is 4.14. The molecule has 170 valence electrons. The van der Waals surface area contributed by atoms with Gasteiger partial charge in [-0.15, -0.1) is 0 Å². The topological polar surface area (TPSA) is 99.0 Å². The molecule has 9 heteroatoms. The van der Waals surface area contributed by atoms with E-state index in [1.54, 1.807) is 22.8 Å². The van der Waals surface area contributed by atoms with Gasteiger partial charge in [-0.25, -0.2) is 0 Å². The zero-order chi connectivity index (χ0) is 22.7. The Morgan fingerprint density at radius 2 is 1.84 bits per heavy atom. The summed E-state index contributed by atoms with van der Waals surface area (Å²) >= 11 is 0. The highest BCUT2D eigenvalue weighted by molar-refractivity contribution is 6.00. The average molecular weight is 440 g/mol. The second-order valence-electron chi connectivity index (χ2n) is 8.49. The quantitative estimate of drug-likeness (QED) is 0.727. The molecule has 4 rings (SSSR count). The first kappa shape index (κ1) is 22.0. The number of piperazine rings is 1. The number of carbonyl (C=O) groups is 3. The monoisotopic (exact) mass is 439 g/mol. The van der Waals surface area contributed by atoms with Gasteiger partial charge in [0.2, 0.25) is 11.8 Å². The van der Waals surface area contributed by atoms with Crippen LogP contribution in [0, 0.1) is 19.8 Å². The molecule has 2 aromatic rings. The minimum atomic E-state index is -0.329. The first-order chi connectivity index (χ1) is 15.4. The molecule has 3 amide bonds. The van der Waals surface area contributed by atoms with Crippen molar-refractivity contribution in [2.24, 2.45) is 5.92 Å². The molecule has 0 saturated carbocycles.